The molecule has 100 valence electrons. The lowest BCUT2D eigenvalue weighted by Crippen LogP contribution is -2.07. The van der Waals surface area contributed by atoms with E-state index in [2.05, 4.69) is 10.3 Å². The Kier molecular flexibility index (Phi) is 4.13. The molecule has 3 N–H and O–H groups in total. The minimum atomic E-state index is -0.142. The second kappa shape index (κ2) is 5.81. The lowest BCUT2D eigenvalue weighted by Gasteiger charge is -2.10. The second-order valence-corrected chi connectivity index (χ2v) is 4.87. The molecule has 0 bridgehead atoms. The molecule has 0 atom stereocenters. The number of nitrogens with zero attached hydrogens (tertiary/aromatic N) is 1. The molecule has 0 aliphatic rings. The van der Waals surface area contributed by atoms with E-state index in [-0.39, 0.29) is 5.91 Å². The van der Waals surface area contributed by atoms with Crippen molar-refractivity contribution in [2.45, 2.75) is 13.5 Å². The van der Waals surface area contributed by atoms with Crippen LogP contribution in [0.2, 0.25) is 0 Å². The molecule has 6 heteroatoms. The molecule has 0 radical (unpaired) electrons. The molecular weight excluding hydrogens is 262 g/mol. The Morgan fingerprint density at radius 3 is 2.89 bits per heavy atom. The fourth-order valence-corrected chi connectivity index (χ4v) is 2.38. The summed E-state index contributed by atoms with van der Waals surface area (Å²) >= 11 is 1.52. The molecule has 1 aromatic carbocycles. The van der Waals surface area contributed by atoms with Crippen LogP contribution in [0.5, 0.6) is 5.75 Å². The summed E-state index contributed by atoms with van der Waals surface area (Å²) in [5.74, 6) is 0.476. The maximum absolute atomic E-state index is 11.2. The van der Waals surface area contributed by atoms with Gasteiger partial charge in [0.2, 0.25) is 5.91 Å². The smallest absolute Gasteiger partial charge is 0.221 e. The summed E-state index contributed by atoms with van der Waals surface area (Å²) in [5, 5.41) is 5.57. The maximum atomic E-state index is 11.2. The van der Waals surface area contributed by atoms with Gasteiger partial charge < -0.3 is 15.8 Å². The van der Waals surface area contributed by atoms with Gasteiger partial charge in [-0.3, -0.25) is 4.79 Å². The summed E-state index contributed by atoms with van der Waals surface area (Å²) in [7, 11) is 1.57. The van der Waals surface area contributed by atoms with Gasteiger partial charge in [-0.05, 0) is 18.2 Å². The summed E-state index contributed by atoms with van der Waals surface area (Å²) in [6.45, 7) is 1.89. The number of hydrogen-bond donors (Lipinski definition) is 2. The van der Waals surface area contributed by atoms with Gasteiger partial charge in [0.25, 0.3) is 0 Å². The Bertz CT molecular complexity index is 595. The van der Waals surface area contributed by atoms with Gasteiger partial charge in [0.1, 0.15) is 10.8 Å². The highest BCUT2D eigenvalue weighted by atomic mass is 32.1. The van der Waals surface area contributed by atoms with E-state index in [0.717, 1.165) is 16.3 Å². The van der Waals surface area contributed by atoms with Gasteiger partial charge in [0.15, 0.2) is 0 Å². The minimum absolute atomic E-state index is 0.142. The highest BCUT2D eigenvalue weighted by molar-refractivity contribution is 7.09. The third-order valence-electron chi connectivity index (χ3n) is 2.53. The van der Waals surface area contributed by atoms with Crippen molar-refractivity contribution in [2.75, 3.05) is 12.4 Å². The predicted molar refractivity (Wildman–Crippen MR) is 76.3 cm³/mol. The summed E-state index contributed by atoms with van der Waals surface area (Å²) in [6, 6.07) is 5.55. The number of anilines is 1. The number of carbonyl (C=O) groups is 1. The van der Waals surface area contributed by atoms with Crippen LogP contribution < -0.4 is 15.8 Å². The Balaban J connectivity index is 2.38. The number of nitrogens with one attached hydrogen (secondary N) is 1. The number of carbonyl (C=O) groups excluding carboxylic acids is 1. The summed E-state index contributed by atoms with van der Waals surface area (Å²) in [6.07, 6.45) is 0. The van der Waals surface area contributed by atoms with Gasteiger partial charge in [-0.2, -0.15) is 0 Å². The number of thiazole rings is 1. The van der Waals surface area contributed by atoms with Crippen molar-refractivity contribution in [3.05, 3.63) is 28.6 Å². The average molecular weight is 277 g/mol. The van der Waals surface area contributed by atoms with E-state index in [4.69, 9.17) is 10.5 Å². The van der Waals surface area contributed by atoms with Crippen LogP contribution in [0.3, 0.4) is 0 Å². The van der Waals surface area contributed by atoms with Crippen LogP contribution in [0.1, 0.15) is 11.9 Å². The normalized spacial score (nSPS) is 10.3. The minimum Gasteiger partial charge on any atom is -0.495 e. The monoisotopic (exact) mass is 277 g/mol. The van der Waals surface area contributed by atoms with Crippen LogP contribution in [-0.4, -0.2) is 18.0 Å². The quantitative estimate of drug-likeness (QED) is 0.898. The molecule has 1 heterocycles. The topological polar surface area (TPSA) is 77.2 Å². The number of benzene rings is 1. The van der Waals surface area contributed by atoms with Gasteiger partial charge in [-0.15, -0.1) is 11.3 Å². The highest BCUT2D eigenvalue weighted by Crippen LogP contribution is 2.31. The van der Waals surface area contributed by atoms with Crippen LogP contribution in [-0.2, 0) is 11.3 Å². The predicted octanol–water partition coefficient (Wildman–Crippen LogP) is 2.24. The summed E-state index contributed by atoms with van der Waals surface area (Å²) in [5.41, 5.74) is 7.95. The van der Waals surface area contributed by atoms with E-state index in [1.807, 2.05) is 23.6 Å². The molecule has 5 nitrogen and oxygen atoms in total. The van der Waals surface area contributed by atoms with E-state index >= 15 is 0 Å². The van der Waals surface area contributed by atoms with Crippen molar-refractivity contribution in [2.24, 2.45) is 5.73 Å². The van der Waals surface area contributed by atoms with E-state index in [9.17, 15) is 4.79 Å². The zero-order chi connectivity index (χ0) is 13.8. The van der Waals surface area contributed by atoms with Crippen molar-refractivity contribution in [1.82, 2.24) is 4.98 Å². The van der Waals surface area contributed by atoms with E-state index in [1.54, 1.807) is 7.11 Å². The number of aromatic nitrogens is 1. The van der Waals surface area contributed by atoms with Gasteiger partial charge in [-0.1, -0.05) is 0 Å². The molecule has 0 saturated heterocycles. The lowest BCUT2D eigenvalue weighted by atomic mass is 10.1. The van der Waals surface area contributed by atoms with Crippen molar-refractivity contribution in [3.63, 3.8) is 0 Å². The first-order valence-electron chi connectivity index (χ1n) is 5.74. The Hall–Kier alpha value is -1.92. The number of amides is 1. The zero-order valence-electron chi connectivity index (χ0n) is 10.8. The largest absolute Gasteiger partial charge is 0.495 e. The Morgan fingerprint density at radius 2 is 2.32 bits per heavy atom. The zero-order valence-corrected chi connectivity index (χ0v) is 11.6. The molecule has 1 amide bonds. The molecule has 2 aromatic rings. The second-order valence-electron chi connectivity index (χ2n) is 3.93. The molecule has 0 saturated carbocycles. The van der Waals surface area contributed by atoms with Crippen molar-refractivity contribution in [3.8, 4) is 17.0 Å². The summed E-state index contributed by atoms with van der Waals surface area (Å²) in [4.78, 5) is 15.6. The SMILES string of the molecule is COc1ccc(-c2csc(CN)n2)cc1NC(C)=O. The van der Waals surface area contributed by atoms with Crippen LogP contribution in [0.15, 0.2) is 23.6 Å². The van der Waals surface area contributed by atoms with Gasteiger partial charge in [-0.25, -0.2) is 4.98 Å². The van der Waals surface area contributed by atoms with Gasteiger partial charge in [0.05, 0.1) is 18.5 Å². The fourth-order valence-electron chi connectivity index (χ4n) is 1.69. The number of nitrogens with two attached hydrogens (primary N) is 1. The molecule has 0 aliphatic heterocycles. The first-order chi connectivity index (χ1) is 9.13. The third kappa shape index (κ3) is 3.10. The van der Waals surface area contributed by atoms with Crippen molar-refractivity contribution >= 4 is 22.9 Å². The average Bonchev–Trinajstić information content (AvgIpc) is 2.86. The Labute approximate surface area is 115 Å². The standard InChI is InChI=1S/C13H15N3O2S/c1-8(17)15-10-5-9(3-4-12(10)18-2)11-7-19-13(6-14)16-11/h3-5,7H,6,14H2,1-2H3,(H,15,17). The van der Waals surface area contributed by atoms with E-state index < -0.39 is 0 Å². The summed E-state index contributed by atoms with van der Waals surface area (Å²) < 4.78 is 5.21. The molecule has 0 unspecified atom stereocenters. The number of rotatable bonds is 4. The van der Waals surface area contributed by atoms with Crippen LogP contribution in [0.4, 0.5) is 5.69 Å². The molecule has 2 rings (SSSR count). The molecule has 0 fully saturated rings. The maximum Gasteiger partial charge on any atom is 0.221 e. The van der Waals surface area contributed by atoms with Crippen LogP contribution in [0, 0.1) is 0 Å². The first-order valence-corrected chi connectivity index (χ1v) is 6.62. The first kappa shape index (κ1) is 13.5. The van der Waals surface area contributed by atoms with E-state index in [1.165, 1.54) is 18.3 Å². The van der Waals surface area contributed by atoms with E-state index in [0.29, 0.717) is 18.0 Å². The van der Waals surface area contributed by atoms with Gasteiger partial charge >= 0.3 is 0 Å². The number of ether oxygens (including phenoxy) is 1. The van der Waals surface area contributed by atoms with Crippen molar-refractivity contribution in [1.29, 1.82) is 0 Å². The lowest BCUT2D eigenvalue weighted by molar-refractivity contribution is -0.114. The molecule has 19 heavy (non-hydrogen) atoms. The van der Waals surface area contributed by atoms with Crippen LogP contribution in [0.25, 0.3) is 11.3 Å². The highest BCUT2D eigenvalue weighted by Gasteiger charge is 2.09. The Morgan fingerprint density at radius 1 is 1.53 bits per heavy atom. The van der Waals surface area contributed by atoms with Gasteiger partial charge in [0, 0.05) is 24.4 Å². The van der Waals surface area contributed by atoms with Crippen molar-refractivity contribution < 1.29 is 9.53 Å². The fraction of sp³-hybridized carbons (Fsp3) is 0.231. The molecule has 1 aromatic heterocycles. The number of methoxy groups -OCH3 is 1. The van der Waals surface area contributed by atoms with Crippen LogP contribution >= 0.6 is 11.3 Å². The molecular formula is C13H15N3O2S. The number of hydrogen-bond acceptors (Lipinski definition) is 5. The molecule has 0 spiro atoms. The molecule has 0 aliphatic carbocycles. The third-order valence-corrected chi connectivity index (χ3v) is 3.40.